The Kier molecular flexibility index (Phi) is 1.72. The molecule has 0 saturated heterocycles. The molecule has 0 aromatic carbocycles. The van der Waals surface area contributed by atoms with Crippen LogP contribution in [-0.2, 0) is 0 Å². The lowest BCUT2D eigenvalue weighted by molar-refractivity contribution is -0.386. The van der Waals surface area contributed by atoms with Gasteiger partial charge in [0.05, 0.1) is 4.92 Å². The maximum absolute atomic E-state index is 12.6. The zero-order valence-corrected chi connectivity index (χ0v) is 6.68. The predicted octanol–water partition coefficient (Wildman–Crippen LogP) is 1.82. The van der Waals surface area contributed by atoms with E-state index >= 15 is 0 Å². The summed E-state index contributed by atoms with van der Waals surface area (Å²) in [7, 11) is 0. The Bertz CT molecular complexity index is 356. The Morgan fingerprint density at radius 2 is 2.38 bits per heavy atom. The van der Waals surface area contributed by atoms with Gasteiger partial charge in [-0.2, -0.15) is 0 Å². The van der Waals surface area contributed by atoms with Gasteiger partial charge in [-0.3, -0.25) is 15.1 Å². The van der Waals surface area contributed by atoms with Gasteiger partial charge in [-0.25, -0.2) is 4.39 Å². The first-order valence-electron chi connectivity index (χ1n) is 3.93. The van der Waals surface area contributed by atoms with Gasteiger partial charge in [0.2, 0.25) is 0 Å². The molecule has 2 atom stereocenters. The lowest BCUT2D eigenvalue weighted by Crippen LogP contribution is -1.97. The second-order valence-corrected chi connectivity index (χ2v) is 3.02. The van der Waals surface area contributed by atoms with E-state index in [1.165, 1.54) is 18.3 Å². The minimum Gasteiger partial charge on any atom is -0.258 e. The van der Waals surface area contributed by atoms with Crippen LogP contribution in [0.5, 0.6) is 0 Å². The van der Waals surface area contributed by atoms with Crippen molar-refractivity contribution in [3.63, 3.8) is 0 Å². The molecule has 1 aromatic rings. The molecule has 0 spiro atoms. The van der Waals surface area contributed by atoms with Crippen LogP contribution in [-0.4, -0.2) is 16.1 Å². The van der Waals surface area contributed by atoms with Crippen LogP contribution in [0.4, 0.5) is 10.1 Å². The Morgan fingerprint density at radius 1 is 1.69 bits per heavy atom. The number of hydrogen-bond donors (Lipinski definition) is 0. The van der Waals surface area contributed by atoms with Gasteiger partial charge >= 0.3 is 0 Å². The van der Waals surface area contributed by atoms with E-state index in [2.05, 4.69) is 4.98 Å². The maximum Gasteiger partial charge on any atom is 0.291 e. The molecule has 68 valence electrons. The van der Waals surface area contributed by atoms with E-state index in [9.17, 15) is 14.5 Å². The Balaban J connectivity index is 2.38. The third-order valence-electron chi connectivity index (χ3n) is 2.08. The SMILES string of the molecule is O=[N+]([O-])c1cccnc1C1CC1F. The van der Waals surface area contributed by atoms with E-state index in [0.717, 1.165) is 0 Å². The number of halogens is 1. The molecular formula is C8H7FN2O2. The lowest BCUT2D eigenvalue weighted by Gasteiger charge is -1.97. The van der Waals surface area contributed by atoms with Crippen LogP contribution in [0.15, 0.2) is 18.3 Å². The third-order valence-corrected chi connectivity index (χ3v) is 2.08. The van der Waals surface area contributed by atoms with Crippen molar-refractivity contribution in [3.8, 4) is 0 Å². The standard InChI is InChI=1S/C8H7FN2O2/c9-6-4-5(6)8-7(11(12)13)2-1-3-10-8/h1-3,5-6H,4H2. The summed E-state index contributed by atoms with van der Waals surface area (Å²) in [5.41, 5.74) is 0.202. The average Bonchev–Trinajstić information content (AvgIpc) is 2.82. The summed E-state index contributed by atoms with van der Waals surface area (Å²) in [4.78, 5) is 13.8. The summed E-state index contributed by atoms with van der Waals surface area (Å²) >= 11 is 0. The van der Waals surface area contributed by atoms with Crippen molar-refractivity contribution in [1.82, 2.24) is 4.98 Å². The summed E-state index contributed by atoms with van der Waals surface area (Å²) in [5, 5.41) is 10.5. The molecule has 1 aliphatic rings. The van der Waals surface area contributed by atoms with Crippen LogP contribution in [0.1, 0.15) is 18.0 Å². The first-order valence-corrected chi connectivity index (χ1v) is 3.93. The minimum absolute atomic E-state index is 0.0762. The normalized spacial score (nSPS) is 25.6. The topological polar surface area (TPSA) is 56.0 Å². The average molecular weight is 182 g/mol. The van der Waals surface area contributed by atoms with E-state index < -0.39 is 11.1 Å². The number of nitro groups is 1. The van der Waals surface area contributed by atoms with Gasteiger partial charge in [0.25, 0.3) is 5.69 Å². The van der Waals surface area contributed by atoms with Crippen LogP contribution in [0, 0.1) is 10.1 Å². The molecular weight excluding hydrogens is 175 g/mol. The molecule has 0 bridgehead atoms. The molecule has 1 aliphatic carbocycles. The monoisotopic (exact) mass is 182 g/mol. The molecule has 0 radical (unpaired) electrons. The maximum atomic E-state index is 12.6. The third kappa shape index (κ3) is 1.37. The zero-order chi connectivity index (χ0) is 9.42. The van der Waals surface area contributed by atoms with Crippen LogP contribution < -0.4 is 0 Å². The number of aromatic nitrogens is 1. The number of hydrogen-bond acceptors (Lipinski definition) is 3. The first-order chi connectivity index (χ1) is 6.20. The van der Waals surface area contributed by atoms with Gasteiger partial charge in [-0.1, -0.05) is 0 Å². The molecule has 2 rings (SSSR count). The highest BCUT2D eigenvalue weighted by Crippen LogP contribution is 2.45. The van der Waals surface area contributed by atoms with Gasteiger partial charge in [0, 0.05) is 18.2 Å². The minimum atomic E-state index is -0.950. The number of alkyl halides is 1. The molecule has 0 amide bonds. The molecule has 2 unspecified atom stereocenters. The number of pyridine rings is 1. The summed E-state index contributed by atoms with van der Waals surface area (Å²) in [6.45, 7) is 0. The van der Waals surface area contributed by atoms with Crippen molar-refractivity contribution in [3.05, 3.63) is 34.1 Å². The molecule has 1 fully saturated rings. The fraction of sp³-hybridized carbons (Fsp3) is 0.375. The lowest BCUT2D eigenvalue weighted by atomic mass is 10.2. The van der Waals surface area contributed by atoms with Gasteiger partial charge < -0.3 is 0 Å². The van der Waals surface area contributed by atoms with Gasteiger partial charge in [0.1, 0.15) is 11.9 Å². The fourth-order valence-electron chi connectivity index (χ4n) is 1.30. The van der Waals surface area contributed by atoms with E-state index in [1.54, 1.807) is 0 Å². The molecule has 1 saturated carbocycles. The van der Waals surface area contributed by atoms with Gasteiger partial charge in [0.15, 0.2) is 0 Å². The van der Waals surface area contributed by atoms with Crippen molar-refractivity contribution in [2.45, 2.75) is 18.5 Å². The number of nitrogens with zero attached hydrogens (tertiary/aromatic N) is 2. The van der Waals surface area contributed by atoms with Crippen LogP contribution in [0.25, 0.3) is 0 Å². The second kappa shape index (κ2) is 2.76. The smallest absolute Gasteiger partial charge is 0.258 e. The predicted molar refractivity (Wildman–Crippen MR) is 43.1 cm³/mol. The first kappa shape index (κ1) is 8.10. The van der Waals surface area contributed by atoms with Crippen molar-refractivity contribution >= 4 is 5.69 Å². The van der Waals surface area contributed by atoms with Crippen LogP contribution >= 0.6 is 0 Å². The van der Waals surface area contributed by atoms with Crippen LogP contribution in [0.3, 0.4) is 0 Å². The largest absolute Gasteiger partial charge is 0.291 e. The summed E-state index contributed by atoms with van der Waals surface area (Å²) in [6, 6.07) is 2.84. The van der Waals surface area contributed by atoms with E-state index in [-0.39, 0.29) is 17.3 Å². The van der Waals surface area contributed by atoms with E-state index in [1.807, 2.05) is 0 Å². The molecule has 13 heavy (non-hydrogen) atoms. The molecule has 5 heteroatoms. The van der Waals surface area contributed by atoms with E-state index in [4.69, 9.17) is 0 Å². The highest BCUT2D eigenvalue weighted by atomic mass is 19.1. The summed E-state index contributed by atoms with van der Waals surface area (Å²) < 4.78 is 12.6. The van der Waals surface area contributed by atoms with Gasteiger partial charge in [-0.15, -0.1) is 0 Å². The Labute approximate surface area is 73.6 Å². The van der Waals surface area contributed by atoms with Crippen molar-refractivity contribution in [2.24, 2.45) is 0 Å². The Morgan fingerprint density at radius 3 is 2.92 bits per heavy atom. The highest BCUT2D eigenvalue weighted by molar-refractivity contribution is 5.40. The molecule has 0 aliphatic heterocycles. The molecule has 4 nitrogen and oxygen atoms in total. The fourth-order valence-corrected chi connectivity index (χ4v) is 1.30. The molecule has 0 N–H and O–H groups in total. The number of rotatable bonds is 2. The molecule has 1 aromatic heterocycles. The summed E-state index contributed by atoms with van der Waals surface area (Å²) in [6.07, 6.45) is 0.860. The zero-order valence-electron chi connectivity index (χ0n) is 6.68. The van der Waals surface area contributed by atoms with Gasteiger partial charge in [-0.05, 0) is 12.5 Å². The van der Waals surface area contributed by atoms with Crippen LogP contribution in [0.2, 0.25) is 0 Å². The van der Waals surface area contributed by atoms with E-state index in [0.29, 0.717) is 6.42 Å². The molecule has 1 heterocycles. The van der Waals surface area contributed by atoms with Crippen molar-refractivity contribution in [2.75, 3.05) is 0 Å². The van der Waals surface area contributed by atoms with Crippen molar-refractivity contribution in [1.29, 1.82) is 0 Å². The van der Waals surface area contributed by atoms with Crippen molar-refractivity contribution < 1.29 is 9.31 Å². The second-order valence-electron chi connectivity index (χ2n) is 3.02. The Hall–Kier alpha value is -1.52. The highest BCUT2D eigenvalue weighted by Gasteiger charge is 2.43. The summed E-state index contributed by atoms with van der Waals surface area (Å²) in [5.74, 6) is -0.360. The quantitative estimate of drug-likeness (QED) is 0.517.